The second-order valence-electron chi connectivity index (χ2n) is 7.81. The SMILES string of the molecule is CC(/C=C/F)CCCC(C)(C)O[Si](C)(C)C(C)(C)C. The van der Waals surface area contributed by atoms with Gasteiger partial charge in [0.15, 0.2) is 8.32 Å². The summed E-state index contributed by atoms with van der Waals surface area (Å²) in [5, 5.41) is 0.245. The lowest BCUT2D eigenvalue weighted by Gasteiger charge is -2.43. The molecule has 1 nitrogen and oxygen atoms in total. The highest BCUT2D eigenvalue weighted by atomic mass is 28.4. The summed E-state index contributed by atoms with van der Waals surface area (Å²) in [7, 11) is -1.71. The number of hydrogen-bond acceptors (Lipinski definition) is 1. The van der Waals surface area contributed by atoms with Gasteiger partial charge in [0.05, 0.1) is 11.9 Å². The monoisotopic (exact) mass is 288 g/mol. The highest BCUT2D eigenvalue weighted by Crippen LogP contribution is 2.40. The number of rotatable bonds is 7. The maximum Gasteiger partial charge on any atom is 0.192 e. The van der Waals surface area contributed by atoms with Crippen LogP contribution in [0.2, 0.25) is 18.1 Å². The van der Waals surface area contributed by atoms with Gasteiger partial charge < -0.3 is 4.43 Å². The molecule has 0 saturated carbocycles. The van der Waals surface area contributed by atoms with Crippen LogP contribution in [-0.4, -0.2) is 13.9 Å². The molecule has 0 radical (unpaired) electrons. The molecule has 19 heavy (non-hydrogen) atoms. The predicted molar refractivity (Wildman–Crippen MR) is 85.6 cm³/mol. The number of hydrogen-bond donors (Lipinski definition) is 0. The van der Waals surface area contributed by atoms with E-state index in [1.54, 1.807) is 6.08 Å². The molecule has 0 aromatic carbocycles. The van der Waals surface area contributed by atoms with Gasteiger partial charge in [-0.05, 0) is 50.7 Å². The Morgan fingerprint density at radius 1 is 1.16 bits per heavy atom. The van der Waals surface area contributed by atoms with Crippen molar-refractivity contribution in [2.45, 2.75) is 84.5 Å². The highest BCUT2D eigenvalue weighted by molar-refractivity contribution is 6.74. The van der Waals surface area contributed by atoms with Gasteiger partial charge in [0.1, 0.15) is 0 Å². The molecule has 3 heteroatoms. The molecule has 114 valence electrons. The van der Waals surface area contributed by atoms with Crippen LogP contribution < -0.4 is 0 Å². The minimum atomic E-state index is -1.71. The predicted octanol–water partition coefficient (Wildman–Crippen LogP) is 6.08. The van der Waals surface area contributed by atoms with E-state index in [0.29, 0.717) is 12.2 Å². The van der Waals surface area contributed by atoms with Crippen molar-refractivity contribution in [3.63, 3.8) is 0 Å². The summed E-state index contributed by atoms with van der Waals surface area (Å²) in [5.74, 6) is 0.314. The molecule has 0 heterocycles. The molecule has 0 aliphatic carbocycles. The van der Waals surface area contributed by atoms with Gasteiger partial charge in [-0.25, -0.2) is 4.39 Å². The van der Waals surface area contributed by atoms with E-state index in [9.17, 15) is 4.39 Å². The number of halogens is 1. The van der Waals surface area contributed by atoms with Gasteiger partial charge >= 0.3 is 0 Å². The van der Waals surface area contributed by atoms with Gasteiger partial charge in [-0.2, -0.15) is 0 Å². The molecule has 0 saturated heterocycles. The van der Waals surface area contributed by atoms with E-state index in [-0.39, 0.29) is 10.6 Å². The summed E-state index contributed by atoms with van der Waals surface area (Å²) in [6.07, 6.45) is 5.41. The first-order valence-corrected chi connectivity index (χ1v) is 10.3. The zero-order valence-corrected chi connectivity index (χ0v) is 15.1. The maximum absolute atomic E-state index is 12.1. The molecule has 0 aromatic heterocycles. The van der Waals surface area contributed by atoms with Crippen molar-refractivity contribution < 1.29 is 8.82 Å². The van der Waals surface area contributed by atoms with Crippen LogP contribution in [0.4, 0.5) is 4.39 Å². The van der Waals surface area contributed by atoms with E-state index >= 15 is 0 Å². The van der Waals surface area contributed by atoms with Crippen molar-refractivity contribution in [3.05, 3.63) is 12.4 Å². The van der Waals surface area contributed by atoms with E-state index in [0.717, 1.165) is 19.3 Å². The quantitative estimate of drug-likeness (QED) is 0.516. The van der Waals surface area contributed by atoms with E-state index < -0.39 is 8.32 Å². The Hall–Kier alpha value is -0.153. The van der Waals surface area contributed by atoms with E-state index in [4.69, 9.17) is 4.43 Å². The van der Waals surface area contributed by atoms with Crippen molar-refractivity contribution in [3.8, 4) is 0 Å². The average molecular weight is 289 g/mol. The Morgan fingerprint density at radius 3 is 2.11 bits per heavy atom. The van der Waals surface area contributed by atoms with Crippen molar-refractivity contribution >= 4 is 8.32 Å². The van der Waals surface area contributed by atoms with Gasteiger partial charge in [0.25, 0.3) is 0 Å². The molecule has 0 bridgehead atoms. The molecule has 0 N–H and O–H groups in total. The molecule has 0 amide bonds. The largest absolute Gasteiger partial charge is 0.412 e. The zero-order chi connectivity index (χ0) is 15.3. The Kier molecular flexibility index (Phi) is 6.97. The third-order valence-corrected chi connectivity index (χ3v) is 8.85. The molecule has 0 fully saturated rings. The molecule has 0 spiro atoms. The lowest BCUT2D eigenvalue weighted by atomic mass is 9.97. The van der Waals surface area contributed by atoms with Crippen molar-refractivity contribution in [2.75, 3.05) is 0 Å². The minimum absolute atomic E-state index is 0.0812. The summed E-state index contributed by atoms with van der Waals surface area (Å²) in [6.45, 7) is 17.8. The molecule has 0 aromatic rings. The summed E-state index contributed by atoms with van der Waals surface area (Å²) >= 11 is 0. The third-order valence-electron chi connectivity index (χ3n) is 4.18. The Bertz CT molecular complexity index is 290. The van der Waals surface area contributed by atoms with E-state index in [1.165, 1.54) is 0 Å². The molecular formula is C16H33FOSi. The van der Waals surface area contributed by atoms with Crippen LogP contribution in [0.25, 0.3) is 0 Å². The first-order chi connectivity index (χ1) is 8.41. The topological polar surface area (TPSA) is 9.23 Å². The van der Waals surface area contributed by atoms with Crippen molar-refractivity contribution in [2.24, 2.45) is 5.92 Å². The number of allylic oxidation sites excluding steroid dienone is 1. The Morgan fingerprint density at radius 2 is 1.68 bits per heavy atom. The van der Waals surface area contributed by atoms with Crippen molar-refractivity contribution in [1.82, 2.24) is 0 Å². The lowest BCUT2D eigenvalue weighted by Crippen LogP contribution is -2.47. The molecule has 0 aliphatic rings. The standard InChI is InChI=1S/C16H33FOSi/c1-14(11-13-17)10-9-12-16(5,6)18-19(7,8)15(2,3)4/h11,13-14H,9-10,12H2,1-8H3/b13-11+. The fourth-order valence-electron chi connectivity index (χ4n) is 1.97. The first-order valence-electron chi connectivity index (χ1n) is 7.38. The van der Waals surface area contributed by atoms with Gasteiger partial charge in [0, 0.05) is 0 Å². The van der Waals surface area contributed by atoms with Gasteiger partial charge in [-0.3, -0.25) is 0 Å². The van der Waals surface area contributed by atoms with Crippen LogP contribution in [0.15, 0.2) is 12.4 Å². The first kappa shape index (κ1) is 18.8. The van der Waals surface area contributed by atoms with Crippen LogP contribution in [0, 0.1) is 5.92 Å². The lowest BCUT2D eigenvalue weighted by molar-refractivity contribution is 0.0788. The molecule has 1 atom stereocenters. The molecule has 0 aliphatic heterocycles. The van der Waals surface area contributed by atoms with Crippen LogP contribution in [0.5, 0.6) is 0 Å². The van der Waals surface area contributed by atoms with E-state index in [1.807, 2.05) is 0 Å². The summed E-state index contributed by atoms with van der Waals surface area (Å²) in [5.41, 5.74) is -0.0812. The summed E-state index contributed by atoms with van der Waals surface area (Å²) in [4.78, 5) is 0. The van der Waals surface area contributed by atoms with Gasteiger partial charge in [-0.15, -0.1) is 0 Å². The van der Waals surface area contributed by atoms with Gasteiger partial charge in [-0.1, -0.05) is 40.2 Å². The highest BCUT2D eigenvalue weighted by Gasteiger charge is 2.41. The van der Waals surface area contributed by atoms with Crippen LogP contribution in [-0.2, 0) is 4.43 Å². The molecule has 0 rings (SSSR count). The van der Waals surface area contributed by atoms with Gasteiger partial charge in [0.2, 0.25) is 0 Å². The fraction of sp³-hybridized carbons (Fsp3) is 0.875. The van der Waals surface area contributed by atoms with Crippen LogP contribution in [0.3, 0.4) is 0 Å². The fourth-order valence-corrected chi connectivity index (χ4v) is 3.75. The second-order valence-corrected chi connectivity index (χ2v) is 12.5. The zero-order valence-electron chi connectivity index (χ0n) is 14.1. The Balaban J connectivity index is 4.33. The Labute approximate surface area is 120 Å². The summed E-state index contributed by atoms with van der Waals surface area (Å²) in [6, 6.07) is 0. The third kappa shape index (κ3) is 7.26. The van der Waals surface area contributed by atoms with Crippen LogP contribution >= 0.6 is 0 Å². The van der Waals surface area contributed by atoms with E-state index in [2.05, 4.69) is 54.6 Å². The smallest absolute Gasteiger partial charge is 0.192 e. The summed E-state index contributed by atoms with van der Waals surface area (Å²) < 4.78 is 18.5. The molecule has 1 unspecified atom stereocenters. The molecular weight excluding hydrogens is 255 g/mol. The second kappa shape index (κ2) is 7.03. The van der Waals surface area contributed by atoms with Crippen molar-refractivity contribution in [1.29, 1.82) is 0 Å². The van der Waals surface area contributed by atoms with Crippen LogP contribution in [0.1, 0.15) is 60.8 Å². The minimum Gasteiger partial charge on any atom is -0.412 e. The maximum atomic E-state index is 12.1. The normalized spacial score (nSPS) is 16.1. The average Bonchev–Trinajstić information content (AvgIpc) is 2.13.